The Kier molecular flexibility index (Phi) is 4.75. The van der Waals surface area contributed by atoms with Gasteiger partial charge >= 0.3 is 6.36 Å². The first-order valence-electron chi connectivity index (χ1n) is 6.81. The first-order valence-corrected chi connectivity index (χ1v) is 6.81. The number of piperidine rings is 1. The van der Waals surface area contributed by atoms with Crippen molar-refractivity contribution in [1.82, 2.24) is 4.90 Å². The van der Waals surface area contributed by atoms with Gasteiger partial charge in [0.2, 0.25) is 0 Å². The lowest BCUT2D eigenvalue weighted by Crippen LogP contribution is -2.38. The summed E-state index contributed by atoms with van der Waals surface area (Å²) in [4.78, 5) is 2.36. The highest BCUT2D eigenvalue weighted by atomic mass is 19.4. The maximum atomic E-state index is 12.2. The second-order valence-electron chi connectivity index (χ2n) is 4.93. The molecule has 1 heterocycles. The number of nitrogens with zero attached hydrogens (tertiary/aromatic N) is 1. The van der Waals surface area contributed by atoms with Crippen molar-refractivity contribution in [1.29, 1.82) is 0 Å². The maximum Gasteiger partial charge on any atom is 0.573 e. The van der Waals surface area contributed by atoms with E-state index in [1.54, 1.807) is 12.1 Å². The molecule has 112 valence electrons. The van der Waals surface area contributed by atoms with Crippen LogP contribution in [0.15, 0.2) is 24.3 Å². The van der Waals surface area contributed by atoms with Crippen LogP contribution in [0.1, 0.15) is 19.8 Å². The van der Waals surface area contributed by atoms with Crippen LogP contribution in [0.3, 0.4) is 0 Å². The van der Waals surface area contributed by atoms with Crippen molar-refractivity contribution < 1.29 is 17.9 Å². The molecule has 0 spiro atoms. The minimum Gasteiger partial charge on any atom is -0.406 e. The van der Waals surface area contributed by atoms with Gasteiger partial charge in [0.1, 0.15) is 5.75 Å². The Balaban J connectivity index is 1.92. The molecular weight excluding hydrogens is 269 g/mol. The van der Waals surface area contributed by atoms with Crippen LogP contribution in [-0.2, 0) is 0 Å². The fourth-order valence-electron chi connectivity index (χ4n) is 2.41. The van der Waals surface area contributed by atoms with Gasteiger partial charge in [-0.1, -0.05) is 13.0 Å². The highest BCUT2D eigenvalue weighted by Crippen LogP contribution is 2.26. The monoisotopic (exact) mass is 288 g/mol. The van der Waals surface area contributed by atoms with Crippen LogP contribution in [0.2, 0.25) is 0 Å². The summed E-state index contributed by atoms with van der Waals surface area (Å²) in [5.41, 5.74) is 0.668. The third-order valence-electron chi connectivity index (χ3n) is 3.47. The predicted molar refractivity (Wildman–Crippen MR) is 71.9 cm³/mol. The fourth-order valence-corrected chi connectivity index (χ4v) is 2.41. The SMILES string of the molecule is CCN1CCC(Nc2cccc(OC(F)(F)F)c2)CC1. The van der Waals surface area contributed by atoms with Gasteiger partial charge in [0.15, 0.2) is 0 Å². The molecule has 0 saturated carbocycles. The van der Waals surface area contributed by atoms with Gasteiger partial charge in [0, 0.05) is 30.9 Å². The summed E-state index contributed by atoms with van der Waals surface area (Å²) in [6, 6.07) is 6.32. The zero-order valence-corrected chi connectivity index (χ0v) is 11.4. The molecule has 1 N–H and O–H groups in total. The molecule has 1 aromatic rings. The Morgan fingerprint density at radius 2 is 2.00 bits per heavy atom. The van der Waals surface area contributed by atoms with Crippen molar-refractivity contribution in [2.45, 2.75) is 32.2 Å². The minimum absolute atomic E-state index is 0.187. The molecule has 2 rings (SSSR count). The van der Waals surface area contributed by atoms with E-state index in [2.05, 4.69) is 21.9 Å². The van der Waals surface area contributed by atoms with Crippen LogP contribution in [0.25, 0.3) is 0 Å². The lowest BCUT2D eigenvalue weighted by Gasteiger charge is -2.32. The number of ether oxygens (including phenoxy) is 1. The number of hydrogen-bond acceptors (Lipinski definition) is 3. The molecule has 1 aliphatic rings. The van der Waals surface area contributed by atoms with Crippen molar-refractivity contribution >= 4 is 5.69 Å². The van der Waals surface area contributed by atoms with E-state index in [0.717, 1.165) is 32.5 Å². The van der Waals surface area contributed by atoms with Gasteiger partial charge in [-0.3, -0.25) is 0 Å². The topological polar surface area (TPSA) is 24.5 Å². The zero-order valence-electron chi connectivity index (χ0n) is 11.4. The molecule has 0 unspecified atom stereocenters. The van der Waals surface area contributed by atoms with Crippen LogP contribution >= 0.6 is 0 Å². The predicted octanol–water partition coefficient (Wildman–Crippen LogP) is 3.48. The number of rotatable bonds is 4. The smallest absolute Gasteiger partial charge is 0.406 e. The molecule has 0 aromatic heterocycles. The Morgan fingerprint density at radius 1 is 1.30 bits per heavy atom. The van der Waals surface area contributed by atoms with E-state index in [-0.39, 0.29) is 5.75 Å². The number of nitrogens with one attached hydrogen (secondary N) is 1. The summed E-state index contributed by atoms with van der Waals surface area (Å²) in [6.07, 6.45) is -2.65. The lowest BCUT2D eigenvalue weighted by molar-refractivity contribution is -0.274. The third-order valence-corrected chi connectivity index (χ3v) is 3.47. The summed E-state index contributed by atoms with van der Waals surface area (Å²) in [6.45, 7) is 5.22. The summed E-state index contributed by atoms with van der Waals surface area (Å²) in [5.74, 6) is -0.187. The highest BCUT2D eigenvalue weighted by Gasteiger charge is 2.31. The van der Waals surface area contributed by atoms with Crippen molar-refractivity contribution in [3.8, 4) is 5.75 Å². The van der Waals surface area contributed by atoms with Crippen LogP contribution in [0.4, 0.5) is 18.9 Å². The van der Waals surface area contributed by atoms with Crippen LogP contribution in [-0.4, -0.2) is 36.9 Å². The summed E-state index contributed by atoms with van der Waals surface area (Å²) >= 11 is 0. The van der Waals surface area contributed by atoms with Gasteiger partial charge < -0.3 is 15.0 Å². The van der Waals surface area contributed by atoms with Crippen LogP contribution in [0.5, 0.6) is 5.75 Å². The molecular formula is C14H19F3N2O. The van der Waals surface area contributed by atoms with Crippen molar-refractivity contribution in [3.63, 3.8) is 0 Å². The molecule has 1 aliphatic heterocycles. The first kappa shape index (κ1) is 15.0. The van der Waals surface area contributed by atoms with E-state index >= 15 is 0 Å². The normalized spacial score (nSPS) is 18.0. The Labute approximate surface area is 116 Å². The number of alkyl halides is 3. The average Bonchev–Trinajstić information content (AvgIpc) is 2.38. The van der Waals surface area contributed by atoms with Crippen LogP contribution in [0, 0.1) is 0 Å². The molecule has 1 saturated heterocycles. The third kappa shape index (κ3) is 4.59. The van der Waals surface area contributed by atoms with E-state index in [1.807, 2.05) is 0 Å². The zero-order chi connectivity index (χ0) is 14.6. The van der Waals surface area contributed by atoms with Gasteiger partial charge in [-0.05, 0) is 31.5 Å². The Morgan fingerprint density at radius 3 is 2.60 bits per heavy atom. The van der Waals surface area contributed by atoms with Crippen molar-refractivity contribution in [2.75, 3.05) is 25.0 Å². The van der Waals surface area contributed by atoms with Crippen LogP contribution < -0.4 is 10.1 Å². The van der Waals surface area contributed by atoms with Gasteiger partial charge in [-0.2, -0.15) is 0 Å². The molecule has 0 radical (unpaired) electrons. The van der Waals surface area contributed by atoms with E-state index in [9.17, 15) is 13.2 Å². The van der Waals surface area contributed by atoms with E-state index in [0.29, 0.717) is 11.7 Å². The lowest BCUT2D eigenvalue weighted by atomic mass is 10.0. The molecule has 0 atom stereocenters. The fraction of sp³-hybridized carbons (Fsp3) is 0.571. The Hall–Kier alpha value is -1.43. The van der Waals surface area contributed by atoms with Crippen molar-refractivity contribution in [3.05, 3.63) is 24.3 Å². The maximum absolute atomic E-state index is 12.2. The Bertz CT molecular complexity index is 429. The number of hydrogen-bond donors (Lipinski definition) is 1. The molecule has 20 heavy (non-hydrogen) atoms. The van der Waals surface area contributed by atoms with E-state index < -0.39 is 6.36 Å². The molecule has 1 aromatic carbocycles. The molecule has 3 nitrogen and oxygen atoms in total. The number of anilines is 1. The molecule has 1 fully saturated rings. The van der Waals surface area contributed by atoms with Gasteiger partial charge in [-0.25, -0.2) is 0 Å². The quantitative estimate of drug-likeness (QED) is 0.918. The van der Waals surface area contributed by atoms with Gasteiger partial charge in [-0.15, -0.1) is 13.2 Å². The summed E-state index contributed by atoms with van der Waals surface area (Å²) in [7, 11) is 0. The summed E-state index contributed by atoms with van der Waals surface area (Å²) < 4.78 is 40.4. The summed E-state index contributed by atoms with van der Waals surface area (Å²) in [5, 5.41) is 3.28. The molecule has 6 heteroatoms. The highest BCUT2D eigenvalue weighted by molar-refractivity contribution is 5.49. The van der Waals surface area contributed by atoms with E-state index in [4.69, 9.17) is 0 Å². The largest absolute Gasteiger partial charge is 0.573 e. The molecule has 0 aliphatic carbocycles. The molecule has 0 bridgehead atoms. The number of benzene rings is 1. The van der Waals surface area contributed by atoms with Gasteiger partial charge in [0.05, 0.1) is 0 Å². The average molecular weight is 288 g/mol. The van der Waals surface area contributed by atoms with Crippen molar-refractivity contribution in [2.24, 2.45) is 0 Å². The van der Waals surface area contributed by atoms with E-state index in [1.165, 1.54) is 12.1 Å². The standard InChI is InChI=1S/C14H19F3N2O/c1-2-19-8-6-11(7-9-19)18-12-4-3-5-13(10-12)20-14(15,16)17/h3-5,10-11,18H,2,6-9H2,1H3. The molecule has 0 amide bonds. The number of halogens is 3. The minimum atomic E-state index is -4.65. The second-order valence-corrected chi connectivity index (χ2v) is 4.93. The second kappa shape index (κ2) is 6.35. The number of likely N-dealkylation sites (tertiary alicyclic amines) is 1. The van der Waals surface area contributed by atoms with Gasteiger partial charge in [0.25, 0.3) is 0 Å². The first-order chi connectivity index (χ1) is 9.46.